The van der Waals surface area contributed by atoms with E-state index in [1.807, 2.05) is 13.3 Å². The zero-order valence-electron chi connectivity index (χ0n) is 13.9. The lowest BCUT2D eigenvalue weighted by molar-refractivity contribution is -0.385. The van der Waals surface area contributed by atoms with Gasteiger partial charge in [0.15, 0.2) is 0 Å². The van der Waals surface area contributed by atoms with E-state index in [2.05, 4.69) is 5.32 Å². The third kappa shape index (κ3) is 4.31. The van der Waals surface area contributed by atoms with Gasteiger partial charge in [-0.3, -0.25) is 14.9 Å². The minimum absolute atomic E-state index is 0. The summed E-state index contributed by atoms with van der Waals surface area (Å²) in [4.78, 5) is 26.0. The van der Waals surface area contributed by atoms with Crippen molar-refractivity contribution in [3.63, 3.8) is 0 Å². The molecule has 0 radical (unpaired) electrons. The largest absolute Gasteiger partial charge is 0.495 e. The lowest BCUT2D eigenvalue weighted by Gasteiger charge is -2.17. The van der Waals surface area contributed by atoms with Crippen LogP contribution in [-0.4, -0.2) is 55.8 Å². The van der Waals surface area contributed by atoms with Crippen LogP contribution in [0.1, 0.15) is 16.8 Å². The van der Waals surface area contributed by atoms with Crippen LogP contribution in [0.2, 0.25) is 0 Å². The highest BCUT2D eigenvalue weighted by Gasteiger charge is 2.31. The number of benzene rings is 1. The summed E-state index contributed by atoms with van der Waals surface area (Å²) in [5.41, 5.74) is -0.0769. The van der Waals surface area contributed by atoms with E-state index < -0.39 is 4.92 Å². The Kier molecular flexibility index (Phi) is 7.78. The van der Waals surface area contributed by atoms with Gasteiger partial charge in [0.2, 0.25) is 0 Å². The van der Waals surface area contributed by atoms with Gasteiger partial charge in [-0.05, 0) is 38.3 Å². The number of hydrogen-bond donors (Lipinski definition) is 1. The number of likely N-dealkylation sites (tertiary alicyclic amines) is 1. The fourth-order valence-corrected chi connectivity index (χ4v) is 3.41. The predicted molar refractivity (Wildman–Crippen MR) is 96.6 cm³/mol. The monoisotopic (exact) mass is 375 g/mol. The molecule has 1 unspecified atom stereocenters. The molecular weight excluding hydrogens is 354 g/mol. The van der Waals surface area contributed by atoms with Crippen molar-refractivity contribution in [3.05, 3.63) is 27.8 Å². The highest BCUT2D eigenvalue weighted by molar-refractivity contribution is 7.98. The number of carbonyl (C=O) groups excluding carboxylic acids is 1. The summed E-state index contributed by atoms with van der Waals surface area (Å²) in [6, 6.07) is 2.90. The van der Waals surface area contributed by atoms with E-state index in [0.717, 1.165) is 13.0 Å². The number of methoxy groups -OCH3 is 1. The molecule has 1 fully saturated rings. The van der Waals surface area contributed by atoms with Crippen molar-refractivity contribution < 1.29 is 14.5 Å². The lowest BCUT2D eigenvalue weighted by atomic mass is 10.1. The smallest absolute Gasteiger partial charge is 0.285 e. The van der Waals surface area contributed by atoms with Gasteiger partial charge in [0.05, 0.1) is 23.0 Å². The third-order valence-electron chi connectivity index (χ3n) is 3.99. The number of ether oxygens (including phenoxy) is 1. The standard InChI is InChI=1S/C15H21N3O4S.ClH/c1-16-8-10-4-5-17(9-10)15(19)11-6-14(23-3)13(22-2)7-12(11)18(20)21;/h6-7,10,16H,4-5,8-9H2,1-3H3;1H. The third-order valence-corrected chi connectivity index (χ3v) is 4.75. The molecular formula is C15H22ClN3O4S. The number of rotatable bonds is 6. The molecule has 1 aliphatic rings. The number of halogens is 1. The number of amides is 1. The fraction of sp³-hybridized carbons (Fsp3) is 0.533. The maximum absolute atomic E-state index is 12.7. The van der Waals surface area contributed by atoms with Crippen molar-refractivity contribution in [2.24, 2.45) is 5.92 Å². The first-order valence-corrected chi connectivity index (χ1v) is 8.58. The molecule has 134 valence electrons. The summed E-state index contributed by atoms with van der Waals surface area (Å²) in [5, 5.41) is 14.4. The van der Waals surface area contributed by atoms with Gasteiger partial charge in [0.25, 0.3) is 11.6 Å². The molecule has 1 aliphatic heterocycles. The summed E-state index contributed by atoms with van der Waals surface area (Å²) in [5.74, 6) is 0.518. The Balaban J connectivity index is 0.00000288. The summed E-state index contributed by atoms with van der Waals surface area (Å²) in [6.07, 6.45) is 2.75. The number of hydrogen-bond acceptors (Lipinski definition) is 6. The Morgan fingerprint density at radius 1 is 1.54 bits per heavy atom. The van der Waals surface area contributed by atoms with Gasteiger partial charge in [-0.1, -0.05) is 0 Å². The van der Waals surface area contributed by atoms with Crippen molar-refractivity contribution in [3.8, 4) is 5.75 Å². The van der Waals surface area contributed by atoms with Crippen molar-refractivity contribution >= 4 is 35.8 Å². The van der Waals surface area contributed by atoms with Crippen LogP contribution in [-0.2, 0) is 0 Å². The number of thioether (sulfide) groups is 1. The molecule has 2 rings (SSSR count). The summed E-state index contributed by atoms with van der Waals surface area (Å²) in [7, 11) is 3.34. The van der Waals surface area contributed by atoms with Gasteiger partial charge in [-0.15, -0.1) is 24.2 Å². The van der Waals surface area contributed by atoms with Crippen LogP contribution >= 0.6 is 24.2 Å². The van der Waals surface area contributed by atoms with Crippen LogP contribution in [0, 0.1) is 16.0 Å². The normalized spacial score (nSPS) is 16.6. The Morgan fingerprint density at radius 3 is 2.79 bits per heavy atom. The van der Waals surface area contributed by atoms with Gasteiger partial charge in [-0.2, -0.15) is 0 Å². The van der Waals surface area contributed by atoms with Gasteiger partial charge < -0.3 is 15.0 Å². The highest BCUT2D eigenvalue weighted by atomic mass is 35.5. The van der Waals surface area contributed by atoms with Crippen LogP contribution in [0.15, 0.2) is 17.0 Å². The van der Waals surface area contributed by atoms with Crippen LogP contribution in [0.3, 0.4) is 0 Å². The summed E-state index contributed by atoms with van der Waals surface area (Å²) in [6.45, 7) is 2.09. The molecule has 1 amide bonds. The summed E-state index contributed by atoms with van der Waals surface area (Å²) >= 11 is 1.39. The van der Waals surface area contributed by atoms with E-state index >= 15 is 0 Å². The zero-order valence-corrected chi connectivity index (χ0v) is 15.5. The van der Waals surface area contributed by atoms with E-state index in [1.165, 1.54) is 24.9 Å². The molecule has 1 N–H and O–H groups in total. The number of nitro benzene ring substituents is 1. The lowest BCUT2D eigenvalue weighted by Crippen LogP contribution is -2.30. The average Bonchev–Trinajstić information content (AvgIpc) is 3.01. The van der Waals surface area contributed by atoms with Crippen molar-refractivity contribution in [2.75, 3.05) is 40.0 Å². The molecule has 24 heavy (non-hydrogen) atoms. The van der Waals surface area contributed by atoms with E-state index in [4.69, 9.17) is 4.74 Å². The van der Waals surface area contributed by atoms with Crippen molar-refractivity contribution in [2.45, 2.75) is 11.3 Å². The number of carbonyl (C=O) groups is 1. The van der Waals surface area contributed by atoms with Crippen LogP contribution < -0.4 is 10.1 Å². The van der Waals surface area contributed by atoms with Gasteiger partial charge in [-0.25, -0.2) is 0 Å². The number of nitrogens with zero attached hydrogens (tertiary/aromatic N) is 2. The quantitative estimate of drug-likeness (QED) is 0.467. The Hall–Kier alpha value is -1.51. The predicted octanol–water partition coefficient (Wildman–Crippen LogP) is 2.43. The molecule has 1 aromatic carbocycles. The van der Waals surface area contributed by atoms with Gasteiger partial charge >= 0.3 is 0 Å². The summed E-state index contributed by atoms with van der Waals surface area (Å²) < 4.78 is 5.18. The second-order valence-electron chi connectivity index (χ2n) is 5.44. The Labute approximate surface area is 151 Å². The van der Waals surface area contributed by atoms with E-state index in [1.54, 1.807) is 11.0 Å². The van der Waals surface area contributed by atoms with Crippen molar-refractivity contribution in [1.29, 1.82) is 0 Å². The number of nitro groups is 1. The Morgan fingerprint density at radius 2 is 2.25 bits per heavy atom. The second kappa shape index (κ2) is 9.10. The fourth-order valence-electron chi connectivity index (χ4n) is 2.83. The first kappa shape index (κ1) is 20.5. The molecule has 1 aromatic rings. The number of nitrogens with one attached hydrogen (secondary N) is 1. The topological polar surface area (TPSA) is 84.7 Å². The molecule has 1 heterocycles. The maximum Gasteiger partial charge on any atom is 0.285 e. The molecule has 0 aliphatic carbocycles. The van der Waals surface area contributed by atoms with Gasteiger partial charge in [0.1, 0.15) is 11.3 Å². The molecule has 0 saturated carbocycles. The van der Waals surface area contributed by atoms with Crippen LogP contribution in [0.5, 0.6) is 5.75 Å². The molecule has 0 spiro atoms. The SMILES string of the molecule is CNCC1CCN(C(=O)c2cc(SC)c(OC)cc2[N+](=O)[O-])C1.Cl. The first-order chi connectivity index (χ1) is 11.0. The maximum atomic E-state index is 12.7. The van der Waals surface area contributed by atoms with Crippen molar-refractivity contribution in [1.82, 2.24) is 10.2 Å². The van der Waals surface area contributed by atoms with Crippen LogP contribution in [0.25, 0.3) is 0 Å². The molecule has 7 nitrogen and oxygen atoms in total. The minimum Gasteiger partial charge on any atom is -0.495 e. The van der Waals surface area contributed by atoms with Crippen LogP contribution in [0.4, 0.5) is 5.69 Å². The average molecular weight is 376 g/mol. The minimum atomic E-state index is -0.527. The molecule has 1 saturated heterocycles. The molecule has 0 aromatic heterocycles. The molecule has 1 atom stereocenters. The van der Waals surface area contributed by atoms with E-state index in [0.29, 0.717) is 29.7 Å². The highest BCUT2D eigenvalue weighted by Crippen LogP contribution is 2.35. The first-order valence-electron chi connectivity index (χ1n) is 7.36. The zero-order chi connectivity index (χ0) is 17.0. The van der Waals surface area contributed by atoms with E-state index in [-0.39, 0.29) is 29.6 Å². The second-order valence-corrected chi connectivity index (χ2v) is 6.29. The van der Waals surface area contributed by atoms with E-state index in [9.17, 15) is 14.9 Å². The molecule has 9 heteroatoms. The Bertz CT molecular complexity index is 615. The molecule has 0 bridgehead atoms. The van der Waals surface area contributed by atoms with Gasteiger partial charge in [0, 0.05) is 13.1 Å².